The first-order valence-electron chi connectivity index (χ1n) is 7.34. The molecule has 2 rings (SSSR count). The SMILES string of the molecule is CCc1nc(-c2ccc(COC)cc2)c(N)n1C(C)(C)C. The largest absolute Gasteiger partial charge is 0.383 e. The van der Waals surface area contributed by atoms with Crippen LogP contribution in [0.25, 0.3) is 11.3 Å². The Hall–Kier alpha value is -1.81. The molecule has 0 saturated heterocycles. The Kier molecular flexibility index (Phi) is 4.37. The summed E-state index contributed by atoms with van der Waals surface area (Å²) in [6.45, 7) is 9.17. The van der Waals surface area contributed by atoms with E-state index < -0.39 is 0 Å². The summed E-state index contributed by atoms with van der Waals surface area (Å²) in [7, 11) is 1.70. The predicted molar refractivity (Wildman–Crippen MR) is 87.2 cm³/mol. The summed E-state index contributed by atoms with van der Waals surface area (Å²) in [5.74, 6) is 1.76. The van der Waals surface area contributed by atoms with Crippen LogP contribution >= 0.6 is 0 Å². The first-order chi connectivity index (χ1) is 9.88. The fourth-order valence-corrected chi connectivity index (χ4v) is 2.60. The predicted octanol–water partition coefficient (Wildman–Crippen LogP) is 3.60. The van der Waals surface area contributed by atoms with Gasteiger partial charge in [0.05, 0.1) is 6.61 Å². The number of ether oxygens (including phenoxy) is 1. The van der Waals surface area contributed by atoms with Crippen molar-refractivity contribution in [2.24, 2.45) is 0 Å². The molecule has 0 spiro atoms. The second kappa shape index (κ2) is 5.90. The van der Waals surface area contributed by atoms with Crippen molar-refractivity contribution in [2.75, 3.05) is 12.8 Å². The summed E-state index contributed by atoms with van der Waals surface area (Å²) in [5, 5.41) is 0. The van der Waals surface area contributed by atoms with Gasteiger partial charge in [-0.15, -0.1) is 0 Å². The van der Waals surface area contributed by atoms with Crippen LogP contribution in [0.15, 0.2) is 24.3 Å². The Morgan fingerprint density at radius 2 is 1.81 bits per heavy atom. The summed E-state index contributed by atoms with van der Waals surface area (Å²) in [6.07, 6.45) is 0.864. The molecule has 0 atom stereocenters. The number of nitrogens with two attached hydrogens (primary N) is 1. The second-order valence-corrected chi connectivity index (χ2v) is 6.25. The lowest BCUT2D eigenvalue weighted by Crippen LogP contribution is -2.25. The van der Waals surface area contributed by atoms with Crippen molar-refractivity contribution in [3.8, 4) is 11.3 Å². The maximum Gasteiger partial charge on any atom is 0.132 e. The van der Waals surface area contributed by atoms with Crippen molar-refractivity contribution in [3.05, 3.63) is 35.7 Å². The van der Waals surface area contributed by atoms with Crippen LogP contribution < -0.4 is 5.73 Å². The minimum atomic E-state index is -0.0728. The fraction of sp³-hybridized carbons (Fsp3) is 0.471. The smallest absolute Gasteiger partial charge is 0.132 e. The number of benzene rings is 1. The minimum Gasteiger partial charge on any atom is -0.383 e. The van der Waals surface area contributed by atoms with Crippen LogP contribution in [0.1, 0.15) is 39.1 Å². The number of aromatic nitrogens is 2. The summed E-state index contributed by atoms with van der Waals surface area (Å²) in [6, 6.07) is 8.22. The van der Waals surface area contributed by atoms with Crippen molar-refractivity contribution in [1.29, 1.82) is 0 Å². The Balaban J connectivity index is 2.47. The zero-order chi connectivity index (χ0) is 15.6. The molecular weight excluding hydrogens is 262 g/mol. The third-order valence-corrected chi connectivity index (χ3v) is 3.51. The van der Waals surface area contributed by atoms with Crippen molar-refractivity contribution in [1.82, 2.24) is 9.55 Å². The highest BCUT2D eigenvalue weighted by molar-refractivity contribution is 5.71. The molecule has 0 aliphatic heterocycles. The van der Waals surface area contributed by atoms with Crippen molar-refractivity contribution < 1.29 is 4.74 Å². The number of nitrogen functional groups attached to an aromatic ring is 1. The molecule has 0 radical (unpaired) electrons. The standard InChI is InChI=1S/C17H25N3O/c1-6-14-19-15(16(18)20(14)17(2,3)4)13-9-7-12(8-10-13)11-21-5/h7-10H,6,11,18H2,1-5H3. The van der Waals surface area contributed by atoms with Crippen molar-refractivity contribution in [2.45, 2.75) is 46.3 Å². The van der Waals surface area contributed by atoms with Gasteiger partial charge in [0.15, 0.2) is 0 Å². The first-order valence-corrected chi connectivity index (χ1v) is 7.34. The van der Waals surface area contributed by atoms with E-state index in [2.05, 4.69) is 56.5 Å². The number of nitrogens with zero attached hydrogens (tertiary/aromatic N) is 2. The molecule has 4 heteroatoms. The van der Waals surface area contributed by atoms with E-state index in [1.807, 2.05) is 0 Å². The van der Waals surface area contributed by atoms with Gasteiger partial charge in [-0.25, -0.2) is 4.98 Å². The molecule has 0 aliphatic rings. The van der Waals surface area contributed by atoms with Crippen LogP contribution in [0.3, 0.4) is 0 Å². The van der Waals surface area contributed by atoms with Gasteiger partial charge in [0.25, 0.3) is 0 Å². The third-order valence-electron chi connectivity index (χ3n) is 3.51. The number of aryl methyl sites for hydroxylation is 1. The molecule has 1 aromatic carbocycles. The van der Waals surface area contributed by atoms with E-state index in [-0.39, 0.29) is 5.54 Å². The quantitative estimate of drug-likeness (QED) is 0.935. The maximum atomic E-state index is 6.37. The average molecular weight is 287 g/mol. The summed E-state index contributed by atoms with van der Waals surface area (Å²) < 4.78 is 7.27. The molecule has 0 aliphatic carbocycles. The number of hydrogen-bond acceptors (Lipinski definition) is 3. The minimum absolute atomic E-state index is 0.0728. The molecule has 0 unspecified atom stereocenters. The van der Waals surface area contributed by atoms with Gasteiger partial charge in [-0.2, -0.15) is 0 Å². The lowest BCUT2D eigenvalue weighted by molar-refractivity contribution is 0.185. The fourth-order valence-electron chi connectivity index (χ4n) is 2.60. The average Bonchev–Trinajstić information content (AvgIpc) is 2.77. The van der Waals surface area contributed by atoms with Crippen LogP contribution in [0.4, 0.5) is 5.82 Å². The maximum absolute atomic E-state index is 6.37. The number of rotatable bonds is 4. The van der Waals surface area contributed by atoms with Gasteiger partial charge in [-0.3, -0.25) is 0 Å². The molecular formula is C17H25N3O. The Morgan fingerprint density at radius 1 is 1.19 bits per heavy atom. The lowest BCUT2D eigenvalue weighted by atomic mass is 10.1. The normalized spacial score (nSPS) is 11.9. The van der Waals surface area contributed by atoms with Gasteiger partial charge >= 0.3 is 0 Å². The molecule has 2 N–H and O–H groups in total. The molecule has 0 amide bonds. The van der Waals surface area contributed by atoms with Crippen LogP contribution in [0.2, 0.25) is 0 Å². The highest BCUT2D eigenvalue weighted by Gasteiger charge is 2.23. The molecule has 1 heterocycles. The molecule has 0 fully saturated rings. The second-order valence-electron chi connectivity index (χ2n) is 6.25. The molecule has 0 saturated carbocycles. The van der Waals surface area contributed by atoms with Gasteiger partial charge in [0.1, 0.15) is 17.3 Å². The van der Waals surface area contributed by atoms with E-state index in [4.69, 9.17) is 15.5 Å². The topological polar surface area (TPSA) is 53.1 Å². The van der Waals surface area contributed by atoms with Gasteiger partial charge in [-0.05, 0) is 26.3 Å². The van der Waals surface area contributed by atoms with E-state index in [1.54, 1.807) is 7.11 Å². The number of hydrogen-bond donors (Lipinski definition) is 1. The van der Waals surface area contributed by atoms with Crippen LogP contribution in [0.5, 0.6) is 0 Å². The summed E-state index contributed by atoms with van der Waals surface area (Å²) >= 11 is 0. The third kappa shape index (κ3) is 3.10. The van der Waals surface area contributed by atoms with Crippen molar-refractivity contribution >= 4 is 5.82 Å². The van der Waals surface area contributed by atoms with Crippen LogP contribution in [-0.2, 0) is 23.3 Å². The van der Waals surface area contributed by atoms with E-state index in [1.165, 1.54) is 0 Å². The Morgan fingerprint density at radius 3 is 2.24 bits per heavy atom. The highest BCUT2D eigenvalue weighted by Crippen LogP contribution is 2.31. The van der Waals surface area contributed by atoms with Gasteiger partial charge in [-0.1, -0.05) is 31.2 Å². The van der Waals surface area contributed by atoms with Gasteiger partial charge in [0.2, 0.25) is 0 Å². The molecule has 114 valence electrons. The Bertz CT molecular complexity index is 606. The van der Waals surface area contributed by atoms with Crippen molar-refractivity contribution in [3.63, 3.8) is 0 Å². The van der Waals surface area contributed by atoms with E-state index in [9.17, 15) is 0 Å². The molecule has 4 nitrogen and oxygen atoms in total. The zero-order valence-corrected chi connectivity index (χ0v) is 13.6. The number of methoxy groups -OCH3 is 1. The van der Waals surface area contributed by atoms with E-state index >= 15 is 0 Å². The highest BCUT2D eigenvalue weighted by atomic mass is 16.5. The van der Waals surface area contributed by atoms with E-state index in [0.29, 0.717) is 6.61 Å². The van der Waals surface area contributed by atoms with Gasteiger partial charge in [0, 0.05) is 24.6 Å². The van der Waals surface area contributed by atoms with Crippen LogP contribution in [0, 0.1) is 0 Å². The molecule has 21 heavy (non-hydrogen) atoms. The monoisotopic (exact) mass is 287 g/mol. The Labute approximate surface area is 127 Å². The number of anilines is 1. The molecule has 0 bridgehead atoms. The first kappa shape index (κ1) is 15.6. The molecule has 2 aromatic rings. The number of imidazole rings is 1. The summed E-state index contributed by atoms with van der Waals surface area (Å²) in [5.41, 5.74) is 9.35. The van der Waals surface area contributed by atoms with E-state index in [0.717, 1.165) is 34.9 Å². The summed E-state index contributed by atoms with van der Waals surface area (Å²) in [4.78, 5) is 4.75. The molecule has 1 aromatic heterocycles. The zero-order valence-electron chi connectivity index (χ0n) is 13.6. The van der Waals surface area contributed by atoms with Crippen LogP contribution in [-0.4, -0.2) is 16.7 Å². The lowest BCUT2D eigenvalue weighted by Gasteiger charge is -2.24. The van der Waals surface area contributed by atoms with Gasteiger partial charge < -0.3 is 15.0 Å².